The summed E-state index contributed by atoms with van der Waals surface area (Å²) in [6, 6.07) is 16.9. The number of anilines is 1. The molecule has 0 aromatic heterocycles. The maximum atomic E-state index is 12.6. The number of ether oxygens (including phenoxy) is 2. The Hall–Kier alpha value is -2.86. The highest BCUT2D eigenvalue weighted by Crippen LogP contribution is 2.18. The minimum Gasteiger partial charge on any atom is -0.494 e. The van der Waals surface area contributed by atoms with Gasteiger partial charge in [-0.05, 0) is 36.8 Å². The lowest BCUT2D eigenvalue weighted by Gasteiger charge is -2.32. The summed E-state index contributed by atoms with van der Waals surface area (Å²) < 4.78 is 10.9. The molecule has 3 rings (SSSR count). The van der Waals surface area contributed by atoms with Gasteiger partial charge in [0.15, 0.2) is 0 Å². The van der Waals surface area contributed by atoms with Crippen LogP contribution in [0, 0.1) is 0 Å². The first kappa shape index (κ1) is 18.9. The fraction of sp³-hybridized carbons (Fsp3) is 0.333. The average Bonchev–Trinajstić information content (AvgIpc) is 2.68. The predicted molar refractivity (Wildman–Crippen MR) is 102 cm³/mol. The minimum atomic E-state index is -0.745. The van der Waals surface area contributed by atoms with Crippen molar-refractivity contribution in [1.29, 1.82) is 0 Å². The molecular weight excluding hydrogens is 344 g/mol. The molecule has 1 aliphatic heterocycles. The van der Waals surface area contributed by atoms with E-state index in [9.17, 15) is 9.59 Å². The maximum absolute atomic E-state index is 12.6. The van der Waals surface area contributed by atoms with Crippen molar-refractivity contribution < 1.29 is 19.1 Å². The second kappa shape index (κ2) is 9.19. The Morgan fingerprint density at radius 3 is 2.63 bits per heavy atom. The number of benzene rings is 2. The molecule has 0 radical (unpaired) electrons. The van der Waals surface area contributed by atoms with Gasteiger partial charge in [0.25, 0.3) is 5.91 Å². The molecule has 0 bridgehead atoms. The Morgan fingerprint density at radius 1 is 1.19 bits per heavy atom. The molecule has 0 saturated carbocycles. The summed E-state index contributed by atoms with van der Waals surface area (Å²) in [6.45, 7) is 3.99. The Labute approximate surface area is 159 Å². The summed E-state index contributed by atoms with van der Waals surface area (Å²) in [4.78, 5) is 26.7. The summed E-state index contributed by atoms with van der Waals surface area (Å²) in [7, 11) is 0. The number of rotatable bonds is 7. The lowest BCUT2D eigenvalue weighted by Crippen LogP contribution is -2.48. The molecule has 1 saturated heterocycles. The van der Waals surface area contributed by atoms with Crippen LogP contribution in [-0.4, -0.2) is 42.6 Å². The summed E-state index contributed by atoms with van der Waals surface area (Å²) in [5, 5.41) is 2.80. The number of morpholine rings is 1. The molecule has 2 aromatic carbocycles. The number of nitrogens with zero attached hydrogens (tertiary/aromatic N) is 1. The van der Waals surface area contributed by atoms with Crippen LogP contribution in [0.5, 0.6) is 5.75 Å². The van der Waals surface area contributed by atoms with Gasteiger partial charge in [-0.3, -0.25) is 9.59 Å². The maximum Gasteiger partial charge on any atom is 0.252 e. The van der Waals surface area contributed by atoms with Crippen LogP contribution in [0.25, 0.3) is 0 Å². The van der Waals surface area contributed by atoms with Gasteiger partial charge in [-0.1, -0.05) is 30.3 Å². The molecule has 0 aliphatic carbocycles. The topological polar surface area (TPSA) is 67.9 Å². The third kappa shape index (κ3) is 5.31. The molecule has 1 fully saturated rings. The lowest BCUT2D eigenvalue weighted by molar-refractivity contribution is -0.155. The summed E-state index contributed by atoms with van der Waals surface area (Å²) in [5.41, 5.74) is 1.72. The zero-order chi connectivity index (χ0) is 19.1. The molecule has 1 N–H and O–H groups in total. The third-order valence-corrected chi connectivity index (χ3v) is 4.30. The van der Waals surface area contributed by atoms with Gasteiger partial charge in [0.2, 0.25) is 5.91 Å². The Balaban J connectivity index is 1.54. The van der Waals surface area contributed by atoms with Crippen molar-refractivity contribution in [2.45, 2.75) is 26.0 Å². The standard InChI is InChI=1S/C21H24N2O4/c1-2-26-18-10-8-17(9-11-18)22-20(24)14-19-21(25)23(12-13-27-19)15-16-6-4-3-5-7-16/h3-11,19H,2,12-15H2,1H3,(H,22,24). The Kier molecular flexibility index (Phi) is 6.44. The molecule has 6 nitrogen and oxygen atoms in total. The molecule has 2 aromatic rings. The van der Waals surface area contributed by atoms with Gasteiger partial charge in [-0.25, -0.2) is 0 Å². The lowest BCUT2D eigenvalue weighted by atomic mass is 10.1. The van der Waals surface area contributed by atoms with Crippen molar-refractivity contribution in [3.63, 3.8) is 0 Å². The fourth-order valence-corrected chi connectivity index (χ4v) is 2.98. The van der Waals surface area contributed by atoms with E-state index >= 15 is 0 Å². The first-order chi connectivity index (χ1) is 13.2. The molecule has 1 heterocycles. The van der Waals surface area contributed by atoms with Gasteiger partial charge < -0.3 is 19.7 Å². The molecular formula is C21H24N2O4. The molecule has 142 valence electrons. The van der Waals surface area contributed by atoms with Crippen molar-refractivity contribution in [3.05, 3.63) is 60.2 Å². The highest BCUT2D eigenvalue weighted by atomic mass is 16.5. The van der Waals surface area contributed by atoms with Gasteiger partial charge in [0, 0.05) is 18.8 Å². The van der Waals surface area contributed by atoms with Crippen molar-refractivity contribution in [1.82, 2.24) is 4.90 Å². The van der Waals surface area contributed by atoms with E-state index in [4.69, 9.17) is 9.47 Å². The zero-order valence-electron chi connectivity index (χ0n) is 15.4. The number of hydrogen-bond acceptors (Lipinski definition) is 4. The minimum absolute atomic E-state index is 0.00264. The average molecular weight is 368 g/mol. The van der Waals surface area contributed by atoms with E-state index in [1.54, 1.807) is 29.2 Å². The third-order valence-electron chi connectivity index (χ3n) is 4.30. The summed E-state index contributed by atoms with van der Waals surface area (Å²) in [6.07, 6.45) is -0.748. The monoisotopic (exact) mass is 368 g/mol. The van der Waals surface area contributed by atoms with E-state index in [0.29, 0.717) is 32.0 Å². The van der Waals surface area contributed by atoms with Crippen LogP contribution in [0.15, 0.2) is 54.6 Å². The molecule has 0 spiro atoms. The van der Waals surface area contributed by atoms with E-state index in [1.807, 2.05) is 37.3 Å². The molecule has 1 atom stereocenters. The van der Waals surface area contributed by atoms with Gasteiger partial charge in [0.1, 0.15) is 11.9 Å². The molecule has 27 heavy (non-hydrogen) atoms. The molecule has 6 heteroatoms. The van der Waals surface area contributed by atoms with E-state index in [1.165, 1.54) is 0 Å². The fourth-order valence-electron chi connectivity index (χ4n) is 2.98. The zero-order valence-corrected chi connectivity index (χ0v) is 15.4. The smallest absolute Gasteiger partial charge is 0.252 e. The molecule has 1 aliphatic rings. The Morgan fingerprint density at radius 2 is 1.93 bits per heavy atom. The van der Waals surface area contributed by atoms with Crippen molar-refractivity contribution in [2.24, 2.45) is 0 Å². The van der Waals surface area contributed by atoms with Crippen LogP contribution in [-0.2, 0) is 20.9 Å². The van der Waals surface area contributed by atoms with Crippen LogP contribution < -0.4 is 10.1 Å². The number of carbonyl (C=O) groups excluding carboxylic acids is 2. The summed E-state index contributed by atoms with van der Waals surface area (Å²) >= 11 is 0. The van der Waals surface area contributed by atoms with E-state index in [-0.39, 0.29) is 18.2 Å². The van der Waals surface area contributed by atoms with E-state index in [2.05, 4.69) is 5.32 Å². The number of nitrogens with one attached hydrogen (secondary N) is 1. The highest BCUT2D eigenvalue weighted by Gasteiger charge is 2.31. The number of hydrogen-bond donors (Lipinski definition) is 1. The van der Waals surface area contributed by atoms with Crippen LogP contribution >= 0.6 is 0 Å². The first-order valence-corrected chi connectivity index (χ1v) is 9.12. The second-order valence-electron chi connectivity index (χ2n) is 6.31. The Bertz CT molecular complexity index is 762. The van der Waals surface area contributed by atoms with Gasteiger partial charge >= 0.3 is 0 Å². The molecule has 2 amide bonds. The largest absolute Gasteiger partial charge is 0.494 e. The van der Waals surface area contributed by atoms with Crippen LogP contribution in [0.3, 0.4) is 0 Å². The van der Waals surface area contributed by atoms with Gasteiger partial charge in [-0.15, -0.1) is 0 Å². The van der Waals surface area contributed by atoms with Crippen LogP contribution in [0.4, 0.5) is 5.69 Å². The van der Waals surface area contributed by atoms with E-state index < -0.39 is 6.10 Å². The van der Waals surface area contributed by atoms with Gasteiger partial charge in [0.05, 0.1) is 19.6 Å². The molecule has 1 unspecified atom stereocenters. The van der Waals surface area contributed by atoms with Gasteiger partial charge in [-0.2, -0.15) is 0 Å². The second-order valence-corrected chi connectivity index (χ2v) is 6.31. The normalized spacial score (nSPS) is 16.9. The number of carbonyl (C=O) groups is 2. The van der Waals surface area contributed by atoms with Crippen molar-refractivity contribution >= 4 is 17.5 Å². The van der Waals surface area contributed by atoms with E-state index in [0.717, 1.165) is 11.3 Å². The quantitative estimate of drug-likeness (QED) is 0.816. The SMILES string of the molecule is CCOc1ccc(NC(=O)CC2OCCN(Cc3ccccc3)C2=O)cc1. The van der Waals surface area contributed by atoms with Crippen molar-refractivity contribution in [3.8, 4) is 5.75 Å². The number of amides is 2. The predicted octanol–water partition coefficient (Wildman–Crippen LogP) is 2.84. The van der Waals surface area contributed by atoms with Crippen LogP contribution in [0.1, 0.15) is 18.9 Å². The summed E-state index contributed by atoms with van der Waals surface area (Å²) in [5.74, 6) is 0.351. The van der Waals surface area contributed by atoms with Crippen LogP contribution in [0.2, 0.25) is 0 Å². The highest BCUT2D eigenvalue weighted by molar-refractivity contribution is 5.95. The first-order valence-electron chi connectivity index (χ1n) is 9.12. The van der Waals surface area contributed by atoms with Crippen molar-refractivity contribution in [2.75, 3.05) is 25.1 Å².